The van der Waals surface area contributed by atoms with Gasteiger partial charge in [-0.2, -0.15) is 0 Å². The van der Waals surface area contributed by atoms with Gasteiger partial charge in [-0.15, -0.1) is 0 Å². The van der Waals surface area contributed by atoms with Crippen molar-refractivity contribution in [3.8, 4) is 0 Å². The second-order valence-electron chi connectivity index (χ2n) is 4.16. The van der Waals surface area contributed by atoms with Crippen LogP contribution in [0.1, 0.15) is 28.5 Å². The molecular weight excluding hydrogens is 240 g/mol. The predicted molar refractivity (Wildman–Crippen MR) is 73.9 cm³/mol. The molecule has 0 saturated heterocycles. The van der Waals surface area contributed by atoms with E-state index in [-0.39, 0.29) is 12.5 Å². The fourth-order valence-electron chi connectivity index (χ4n) is 1.85. The maximum Gasteiger partial charge on any atom is 0.255 e. The molecule has 1 aromatic carbocycles. The third-order valence-corrected chi connectivity index (χ3v) is 2.89. The molecule has 0 unspecified atom stereocenters. The number of carbonyl (C=O) groups excluding carboxylic acids is 1. The standard InChI is InChI=1S/C15H16N2O2/c1-2-11-5-3-4-6-14(11)17-15(19)12-7-8-16-13(9-12)10-18/h3-9,18H,2,10H2,1H3,(H,17,19). The second kappa shape index (κ2) is 6.11. The number of amides is 1. The van der Waals surface area contributed by atoms with E-state index in [1.807, 2.05) is 31.2 Å². The summed E-state index contributed by atoms with van der Waals surface area (Å²) >= 11 is 0. The first-order valence-corrected chi connectivity index (χ1v) is 6.19. The first-order chi connectivity index (χ1) is 9.24. The van der Waals surface area contributed by atoms with E-state index in [1.165, 1.54) is 6.20 Å². The van der Waals surface area contributed by atoms with Crippen LogP contribution in [-0.2, 0) is 13.0 Å². The Labute approximate surface area is 112 Å². The van der Waals surface area contributed by atoms with Gasteiger partial charge >= 0.3 is 0 Å². The number of hydrogen-bond donors (Lipinski definition) is 2. The van der Waals surface area contributed by atoms with E-state index >= 15 is 0 Å². The summed E-state index contributed by atoms with van der Waals surface area (Å²) in [6, 6.07) is 10.9. The topological polar surface area (TPSA) is 62.2 Å². The van der Waals surface area contributed by atoms with Crippen LogP contribution < -0.4 is 5.32 Å². The van der Waals surface area contributed by atoms with Crippen LogP contribution >= 0.6 is 0 Å². The molecule has 2 aromatic rings. The van der Waals surface area contributed by atoms with Crippen LogP contribution in [0, 0.1) is 0 Å². The first-order valence-electron chi connectivity index (χ1n) is 6.19. The molecule has 2 rings (SSSR count). The van der Waals surface area contributed by atoms with Crippen LogP contribution in [0.4, 0.5) is 5.69 Å². The Hall–Kier alpha value is -2.20. The van der Waals surface area contributed by atoms with Gasteiger partial charge in [0.15, 0.2) is 0 Å². The smallest absolute Gasteiger partial charge is 0.255 e. The summed E-state index contributed by atoms with van der Waals surface area (Å²) in [6.07, 6.45) is 2.38. The van der Waals surface area contributed by atoms with Crippen molar-refractivity contribution < 1.29 is 9.90 Å². The van der Waals surface area contributed by atoms with Crippen LogP contribution in [0.3, 0.4) is 0 Å². The third kappa shape index (κ3) is 3.17. The number of aryl methyl sites for hydroxylation is 1. The van der Waals surface area contributed by atoms with Gasteiger partial charge in [0.25, 0.3) is 5.91 Å². The van der Waals surface area contributed by atoms with Gasteiger partial charge in [-0.1, -0.05) is 25.1 Å². The molecule has 4 heteroatoms. The highest BCUT2D eigenvalue weighted by Gasteiger charge is 2.09. The number of carbonyl (C=O) groups is 1. The number of hydrogen-bond acceptors (Lipinski definition) is 3. The molecule has 4 nitrogen and oxygen atoms in total. The van der Waals surface area contributed by atoms with Gasteiger partial charge in [0.2, 0.25) is 0 Å². The van der Waals surface area contributed by atoms with Crippen molar-refractivity contribution in [3.05, 3.63) is 59.4 Å². The lowest BCUT2D eigenvalue weighted by molar-refractivity contribution is 0.102. The van der Waals surface area contributed by atoms with Crippen molar-refractivity contribution in [1.29, 1.82) is 0 Å². The molecule has 1 amide bonds. The van der Waals surface area contributed by atoms with Crippen LogP contribution in [0.25, 0.3) is 0 Å². The van der Waals surface area contributed by atoms with Crippen molar-refractivity contribution in [2.24, 2.45) is 0 Å². The lowest BCUT2D eigenvalue weighted by atomic mass is 10.1. The SMILES string of the molecule is CCc1ccccc1NC(=O)c1ccnc(CO)c1. The molecule has 0 fully saturated rings. The first kappa shape index (κ1) is 13.2. The van der Waals surface area contributed by atoms with Crippen LogP contribution in [0.15, 0.2) is 42.6 Å². The summed E-state index contributed by atoms with van der Waals surface area (Å²) in [7, 11) is 0. The van der Waals surface area contributed by atoms with E-state index in [0.29, 0.717) is 11.3 Å². The van der Waals surface area contributed by atoms with Crippen molar-refractivity contribution in [2.75, 3.05) is 5.32 Å². The lowest BCUT2D eigenvalue weighted by Gasteiger charge is -2.09. The summed E-state index contributed by atoms with van der Waals surface area (Å²) in [5, 5.41) is 11.9. The third-order valence-electron chi connectivity index (χ3n) is 2.89. The molecule has 2 N–H and O–H groups in total. The summed E-state index contributed by atoms with van der Waals surface area (Å²) in [6.45, 7) is 1.87. The molecule has 0 bridgehead atoms. The normalized spacial score (nSPS) is 10.2. The van der Waals surface area contributed by atoms with Crippen molar-refractivity contribution in [1.82, 2.24) is 4.98 Å². The van der Waals surface area contributed by atoms with Crippen molar-refractivity contribution in [2.45, 2.75) is 20.0 Å². The number of anilines is 1. The molecule has 0 aliphatic heterocycles. The fourth-order valence-corrected chi connectivity index (χ4v) is 1.85. The summed E-state index contributed by atoms with van der Waals surface area (Å²) in [5.74, 6) is -0.196. The van der Waals surface area contributed by atoms with Crippen LogP contribution in [-0.4, -0.2) is 16.0 Å². The number of para-hydroxylation sites is 1. The van der Waals surface area contributed by atoms with Gasteiger partial charge in [0.05, 0.1) is 12.3 Å². The van der Waals surface area contributed by atoms with Crippen molar-refractivity contribution >= 4 is 11.6 Å². The summed E-state index contributed by atoms with van der Waals surface area (Å²) < 4.78 is 0. The Morgan fingerprint density at radius 3 is 2.84 bits per heavy atom. The molecule has 19 heavy (non-hydrogen) atoms. The molecule has 0 atom stereocenters. The number of rotatable bonds is 4. The quantitative estimate of drug-likeness (QED) is 0.883. The predicted octanol–water partition coefficient (Wildman–Crippen LogP) is 2.39. The maximum atomic E-state index is 12.1. The van der Waals surface area contributed by atoms with E-state index in [4.69, 9.17) is 5.11 Å². The Morgan fingerprint density at radius 2 is 2.11 bits per heavy atom. The molecule has 0 radical (unpaired) electrons. The van der Waals surface area contributed by atoms with Gasteiger partial charge in [-0.3, -0.25) is 9.78 Å². The molecule has 98 valence electrons. The largest absolute Gasteiger partial charge is 0.390 e. The number of aromatic nitrogens is 1. The van der Waals surface area contributed by atoms with Gasteiger partial charge in [-0.05, 0) is 30.2 Å². The number of pyridine rings is 1. The minimum atomic E-state index is -0.196. The minimum Gasteiger partial charge on any atom is -0.390 e. The zero-order valence-electron chi connectivity index (χ0n) is 10.8. The molecule has 1 heterocycles. The Morgan fingerprint density at radius 1 is 1.32 bits per heavy atom. The van der Waals surface area contributed by atoms with Gasteiger partial charge in [0, 0.05) is 17.4 Å². The fraction of sp³-hybridized carbons (Fsp3) is 0.200. The van der Waals surface area contributed by atoms with Crippen molar-refractivity contribution in [3.63, 3.8) is 0 Å². The number of nitrogens with one attached hydrogen (secondary N) is 1. The monoisotopic (exact) mass is 256 g/mol. The van der Waals surface area contributed by atoms with Gasteiger partial charge in [0.1, 0.15) is 0 Å². The highest BCUT2D eigenvalue weighted by atomic mass is 16.3. The molecule has 0 aliphatic carbocycles. The number of aliphatic hydroxyl groups excluding tert-OH is 1. The number of nitrogens with zero attached hydrogens (tertiary/aromatic N) is 1. The Bertz CT molecular complexity index is 582. The molecule has 0 spiro atoms. The average Bonchev–Trinajstić information content (AvgIpc) is 2.47. The number of benzene rings is 1. The van der Waals surface area contributed by atoms with Gasteiger partial charge in [-0.25, -0.2) is 0 Å². The zero-order valence-corrected chi connectivity index (χ0v) is 10.8. The zero-order chi connectivity index (χ0) is 13.7. The maximum absolute atomic E-state index is 12.1. The highest BCUT2D eigenvalue weighted by molar-refractivity contribution is 6.04. The Kier molecular flexibility index (Phi) is 4.26. The molecule has 1 aromatic heterocycles. The van der Waals surface area contributed by atoms with E-state index < -0.39 is 0 Å². The lowest BCUT2D eigenvalue weighted by Crippen LogP contribution is -2.13. The molecule has 0 aliphatic rings. The van der Waals surface area contributed by atoms with E-state index in [0.717, 1.165) is 17.7 Å². The summed E-state index contributed by atoms with van der Waals surface area (Å²) in [5.41, 5.74) is 2.88. The molecular formula is C15H16N2O2. The second-order valence-corrected chi connectivity index (χ2v) is 4.16. The van der Waals surface area contributed by atoms with Crippen LogP contribution in [0.2, 0.25) is 0 Å². The number of aliphatic hydroxyl groups is 1. The minimum absolute atomic E-state index is 0.174. The average molecular weight is 256 g/mol. The van der Waals surface area contributed by atoms with Gasteiger partial charge < -0.3 is 10.4 Å². The van der Waals surface area contributed by atoms with E-state index in [9.17, 15) is 4.79 Å². The summed E-state index contributed by atoms with van der Waals surface area (Å²) in [4.78, 5) is 16.1. The Balaban J connectivity index is 2.20. The van der Waals surface area contributed by atoms with E-state index in [1.54, 1.807) is 12.1 Å². The highest BCUT2D eigenvalue weighted by Crippen LogP contribution is 2.16. The van der Waals surface area contributed by atoms with Crippen LogP contribution in [0.5, 0.6) is 0 Å². The molecule has 0 saturated carbocycles. The van der Waals surface area contributed by atoms with E-state index in [2.05, 4.69) is 10.3 Å².